The molecule has 0 fully saturated rings. The number of anilines is 1. The van der Waals surface area contributed by atoms with Crippen molar-refractivity contribution in [3.8, 4) is 5.75 Å². The molecule has 0 bridgehead atoms. The van der Waals surface area contributed by atoms with Gasteiger partial charge in [-0.1, -0.05) is 18.2 Å². The highest BCUT2D eigenvalue weighted by molar-refractivity contribution is 14.1. The fourth-order valence-electron chi connectivity index (χ4n) is 1.92. The van der Waals surface area contributed by atoms with Crippen molar-refractivity contribution in [3.05, 3.63) is 57.2 Å². The lowest BCUT2D eigenvalue weighted by Crippen LogP contribution is -2.14. The summed E-state index contributed by atoms with van der Waals surface area (Å²) in [6.07, 6.45) is -0.608. The zero-order chi connectivity index (χ0) is 15.4. The maximum atomic E-state index is 12.4. The summed E-state index contributed by atoms with van der Waals surface area (Å²) in [5.74, 6) is 0.347. The number of aliphatic hydroxyl groups is 1. The van der Waals surface area contributed by atoms with Gasteiger partial charge in [0.1, 0.15) is 5.75 Å². The Hall–Kier alpha value is -1.60. The van der Waals surface area contributed by atoms with Crippen molar-refractivity contribution in [2.45, 2.75) is 13.0 Å². The van der Waals surface area contributed by atoms with E-state index in [-0.39, 0.29) is 5.91 Å². The smallest absolute Gasteiger partial charge is 0.256 e. The third-order valence-electron chi connectivity index (χ3n) is 3.07. The van der Waals surface area contributed by atoms with E-state index in [1.54, 1.807) is 38.3 Å². The van der Waals surface area contributed by atoms with Crippen LogP contribution < -0.4 is 10.1 Å². The molecule has 2 aromatic rings. The maximum Gasteiger partial charge on any atom is 0.256 e. The Labute approximate surface area is 137 Å². The van der Waals surface area contributed by atoms with E-state index in [0.29, 0.717) is 22.6 Å². The van der Waals surface area contributed by atoms with E-state index in [9.17, 15) is 9.90 Å². The molecular weight excluding hydrogens is 381 g/mol. The normalized spacial score (nSPS) is 11.8. The molecule has 0 aliphatic rings. The van der Waals surface area contributed by atoms with Gasteiger partial charge in [0, 0.05) is 3.57 Å². The lowest BCUT2D eigenvalue weighted by molar-refractivity contribution is 0.102. The molecule has 2 aromatic carbocycles. The molecule has 110 valence electrons. The number of hydrogen-bond acceptors (Lipinski definition) is 3. The van der Waals surface area contributed by atoms with Crippen LogP contribution >= 0.6 is 22.6 Å². The number of benzene rings is 2. The van der Waals surface area contributed by atoms with Gasteiger partial charge in [0.05, 0.1) is 24.5 Å². The Balaban J connectivity index is 2.32. The first-order valence-electron chi connectivity index (χ1n) is 6.45. The molecule has 0 radical (unpaired) electrons. The van der Waals surface area contributed by atoms with Crippen LogP contribution in [0.15, 0.2) is 42.5 Å². The first-order chi connectivity index (χ1) is 10.0. The number of amides is 1. The van der Waals surface area contributed by atoms with Crippen molar-refractivity contribution >= 4 is 34.2 Å². The van der Waals surface area contributed by atoms with Gasteiger partial charge in [0.15, 0.2) is 0 Å². The minimum atomic E-state index is -0.608. The Morgan fingerprint density at radius 2 is 2.00 bits per heavy atom. The van der Waals surface area contributed by atoms with Gasteiger partial charge in [-0.25, -0.2) is 0 Å². The van der Waals surface area contributed by atoms with Crippen molar-refractivity contribution in [1.82, 2.24) is 0 Å². The number of methoxy groups -OCH3 is 1. The molecule has 1 amide bonds. The second kappa shape index (κ2) is 6.91. The minimum Gasteiger partial charge on any atom is -0.495 e. The predicted octanol–water partition coefficient (Wildman–Crippen LogP) is 3.61. The summed E-state index contributed by atoms with van der Waals surface area (Å²) in [5, 5.41) is 12.5. The fraction of sp³-hybridized carbons (Fsp3) is 0.188. The topological polar surface area (TPSA) is 58.6 Å². The van der Waals surface area contributed by atoms with Gasteiger partial charge in [0.2, 0.25) is 0 Å². The average Bonchev–Trinajstić information content (AvgIpc) is 2.47. The number of aliphatic hydroxyl groups excluding tert-OH is 1. The number of carbonyl (C=O) groups is 1. The number of hydrogen-bond donors (Lipinski definition) is 2. The first kappa shape index (κ1) is 15.8. The van der Waals surface area contributed by atoms with Gasteiger partial charge < -0.3 is 15.2 Å². The van der Waals surface area contributed by atoms with Crippen molar-refractivity contribution in [3.63, 3.8) is 0 Å². The Bertz CT molecular complexity index is 656. The Morgan fingerprint density at radius 3 is 2.62 bits per heavy atom. The van der Waals surface area contributed by atoms with E-state index >= 15 is 0 Å². The summed E-state index contributed by atoms with van der Waals surface area (Å²) < 4.78 is 6.12. The molecule has 0 heterocycles. The standard InChI is InChI=1S/C16H16INO3/c1-10(19)11-7-8-15(21-2)14(9-11)18-16(20)12-5-3-4-6-13(12)17/h3-10,19H,1-2H3,(H,18,20). The first-order valence-corrected chi connectivity index (χ1v) is 7.52. The highest BCUT2D eigenvalue weighted by atomic mass is 127. The van der Waals surface area contributed by atoms with E-state index < -0.39 is 6.10 Å². The van der Waals surface area contributed by atoms with Crippen molar-refractivity contribution in [1.29, 1.82) is 0 Å². The molecule has 0 spiro atoms. The molecule has 4 nitrogen and oxygen atoms in total. The minimum absolute atomic E-state index is 0.207. The van der Waals surface area contributed by atoms with Crippen LogP contribution in [0.4, 0.5) is 5.69 Å². The summed E-state index contributed by atoms with van der Waals surface area (Å²) in [7, 11) is 1.54. The summed E-state index contributed by atoms with van der Waals surface area (Å²) in [6.45, 7) is 1.67. The largest absolute Gasteiger partial charge is 0.495 e. The van der Waals surface area contributed by atoms with Crippen LogP contribution in [0.25, 0.3) is 0 Å². The summed E-state index contributed by atoms with van der Waals surface area (Å²) >= 11 is 2.12. The molecule has 5 heteroatoms. The zero-order valence-electron chi connectivity index (χ0n) is 11.8. The lowest BCUT2D eigenvalue weighted by Gasteiger charge is -2.14. The fourth-order valence-corrected chi connectivity index (χ4v) is 2.55. The maximum absolute atomic E-state index is 12.4. The van der Waals surface area contributed by atoms with Gasteiger partial charge in [-0.15, -0.1) is 0 Å². The molecule has 1 unspecified atom stereocenters. The number of nitrogens with one attached hydrogen (secondary N) is 1. The van der Waals surface area contributed by atoms with Gasteiger partial charge >= 0.3 is 0 Å². The quantitative estimate of drug-likeness (QED) is 0.776. The van der Waals surface area contributed by atoms with E-state index in [4.69, 9.17) is 4.74 Å². The number of carbonyl (C=O) groups excluding carboxylic acids is 1. The second-order valence-corrected chi connectivity index (χ2v) is 5.73. The predicted molar refractivity (Wildman–Crippen MR) is 90.7 cm³/mol. The Kier molecular flexibility index (Phi) is 5.19. The van der Waals surface area contributed by atoms with E-state index in [1.165, 1.54) is 0 Å². The van der Waals surface area contributed by atoms with Crippen LogP contribution in [0, 0.1) is 3.57 Å². The van der Waals surface area contributed by atoms with Crippen LogP contribution in [-0.4, -0.2) is 18.1 Å². The highest BCUT2D eigenvalue weighted by Gasteiger charge is 2.13. The van der Waals surface area contributed by atoms with E-state index in [1.807, 2.05) is 18.2 Å². The van der Waals surface area contributed by atoms with Crippen LogP contribution in [-0.2, 0) is 0 Å². The van der Waals surface area contributed by atoms with Gasteiger partial charge in [-0.2, -0.15) is 0 Å². The summed E-state index contributed by atoms with van der Waals surface area (Å²) in [6, 6.07) is 12.6. The lowest BCUT2D eigenvalue weighted by atomic mass is 10.1. The molecule has 2 rings (SSSR count). The van der Waals surface area contributed by atoms with Gasteiger partial charge in [-0.05, 0) is 59.3 Å². The number of halogens is 1. The van der Waals surface area contributed by atoms with Crippen LogP contribution in [0.3, 0.4) is 0 Å². The van der Waals surface area contributed by atoms with Gasteiger partial charge in [0.25, 0.3) is 5.91 Å². The molecule has 2 N–H and O–H groups in total. The van der Waals surface area contributed by atoms with E-state index in [0.717, 1.165) is 3.57 Å². The summed E-state index contributed by atoms with van der Waals surface area (Å²) in [5.41, 5.74) is 1.86. The summed E-state index contributed by atoms with van der Waals surface area (Å²) in [4.78, 5) is 12.4. The molecule has 0 aromatic heterocycles. The number of ether oxygens (including phenoxy) is 1. The van der Waals surface area contributed by atoms with Crippen molar-refractivity contribution in [2.24, 2.45) is 0 Å². The van der Waals surface area contributed by atoms with Crippen molar-refractivity contribution in [2.75, 3.05) is 12.4 Å². The molecule has 0 saturated carbocycles. The van der Waals surface area contributed by atoms with Crippen LogP contribution in [0.5, 0.6) is 5.75 Å². The van der Waals surface area contributed by atoms with E-state index in [2.05, 4.69) is 27.9 Å². The molecule has 0 aliphatic heterocycles. The molecule has 0 aliphatic carbocycles. The average molecular weight is 397 g/mol. The zero-order valence-corrected chi connectivity index (χ0v) is 13.9. The third kappa shape index (κ3) is 3.74. The molecular formula is C16H16INO3. The molecule has 21 heavy (non-hydrogen) atoms. The monoisotopic (exact) mass is 397 g/mol. The molecule has 1 atom stereocenters. The van der Waals surface area contributed by atoms with Crippen LogP contribution in [0.2, 0.25) is 0 Å². The Morgan fingerprint density at radius 1 is 1.29 bits per heavy atom. The van der Waals surface area contributed by atoms with Crippen molar-refractivity contribution < 1.29 is 14.6 Å². The van der Waals surface area contributed by atoms with Crippen LogP contribution in [0.1, 0.15) is 28.9 Å². The SMILES string of the molecule is COc1ccc(C(C)O)cc1NC(=O)c1ccccc1I. The van der Waals surface area contributed by atoms with Gasteiger partial charge in [-0.3, -0.25) is 4.79 Å². The molecule has 0 saturated heterocycles. The highest BCUT2D eigenvalue weighted by Crippen LogP contribution is 2.28. The number of rotatable bonds is 4. The second-order valence-electron chi connectivity index (χ2n) is 4.57. The third-order valence-corrected chi connectivity index (χ3v) is 4.01.